The number of amides is 1. The molecule has 29 heavy (non-hydrogen) atoms. The van der Waals surface area contributed by atoms with Gasteiger partial charge in [0.05, 0.1) is 23.2 Å². The van der Waals surface area contributed by atoms with Gasteiger partial charge < -0.3 is 24.3 Å². The van der Waals surface area contributed by atoms with Gasteiger partial charge in [-0.05, 0) is 60.0 Å². The van der Waals surface area contributed by atoms with E-state index >= 15 is 0 Å². The lowest BCUT2D eigenvalue weighted by Crippen LogP contribution is -2.41. The summed E-state index contributed by atoms with van der Waals surface area (Å²) in [6.45, 7) is 13.5. The summed E-state index contributed by atoms with van der Waals surface area (Å²) in [6, 6.07) is 0. The minimum absolute atomic E-state index is 0.172. The predicted octanol–water partition coefficient (Wildman–Crippen LogP) is 2.89. The molecule has 2 aromatic rings. The van der Waals surface area contributed by atoms with Crippen LogP contribution in [-0.2, 0) is 14.0 Å². The molecule has 0 radical (unpaired) electrons. The highest BCUT2D eigenvalue weighted by Crippen LogP contribution is 2.38. The lowest BCUT2D eigenvalue weighted by molar-refractivity contribution is 0.00578. The number of nitrogens with one attached hydrogen (secondary N) is 2. The summed E-state index contributed by atoms with van der Waals surface area (Å²) >= 11 is 0. The summed E-state index contributed by atoms with van der Waals surface area (Å²) in [5, 5.41) is 2.77. The number of ether oxygens (including phenoxy) is 1. The van der Waals surface area contributed by atoms with Gasteiger partial charge in [-0.3, -0.25) is 0 Å². The van der Waals surface area contributed by atoms with Crippen molar-refractivity contribution in [3.8, 4) is 0 Å². The van der Waals surface area contributed by atoms with Crippen molar-refractivity contribution < 1.29 is 18.8 Å². The lowest BCUT2D eigenvalue weighted by atomic mass is 9.77. The van der Waals surface area contributed by atoms with E-state index in [0.717, 1.165) is 0 Å². The van der Waals surface area contributed by atoms with Crippen LogP contribution in [0, 0.1) is 0 Å². The van der Waals surface area contributed by atoms with Gasteiger partial charge in [0, 0.05) is 6.54 Å². The zero-order valence-corrected chi connectivity index (χ0v) is 18.0. The molecular formula is C19H28BN5O4. The van der Waals surface area contributed by atoms with Crippen molar-refractivity contribution in [2.45, 2.75) is 65.3 Å². The maximum Gasteiger partial charge on any atom is 0.492 e. The van der Waals surface area contributed by atoms with Gasteiger partial charge in [-0.1, -0.05) is 0 Å². The van der Waals surface area contributed by atoms with E-state index in [4.69, 9.17) is 14.0 Å². The third-order valence-corrected chi connectivity index (χ3v) is 4.97. The number of aromatic nitrogens is 4. The number of alkyl carbamates (subject to hydrolysis) is 1. The van der Waals surface area contributed by atoms with Crippen LogP contribution in [0.25, 0.3) is 17.2 Å². The van der Waals surface area contributed by atoms with Crippen molar-refractivity contribution in [2.75, 3.05) is 6.54 Å². The summed E-state index contributed by atoms with van der Waals surface area (Å²) in [4.78, 5) is 27.8. The first-order valence-electron chi connectivity index (χ1n) is 9.55. The smallest absolute Gasteiger partial charge is 0.444 e. The molecule has 1 aliphatic heterocycles. The second-order valence-electron chi connectivity index (χ2n) is 9.02. The van der Waals surface area contributed by atoms with Crippen molar-refractivity contribution in [2.24, 2.45) is 0 Å². The molecule has 0 bridgehead atoms. The van der Waals surface area contributed by atoms with E-state index in [1.807, 2.05) is 54.5 Å². The fourth-order valence-corrected chi connectivity index (χ4v) is 2.75. The maximum atomic E-state index is 12.2. The number of carbonyl (C=O) groups is 1. The average Bonchev–Trinajstić information content (AvgIpc) is 3.12. The fraction of sp³-hybridized carbons (Fsp3) is 0.579. The Bertz CT molecular complexity index is 916. The average molecular weight is 401 g/mol. The minimum atomic E-state index is -0.650. The Morgan fingerprint density at radius 1 is 1.21 bits per heavy atom. The topological polar surface area (TPSA) is 111 Å². The molecule has 1 saturated heterocycles. The number of H-pyrrole nitrogens is 1. The van der Waals surface area contributed by atoms with Crippen LogP contribution in [0.1, 0.15) is 54.2 Å². The first-order valence-corrected chi connectivity index (χ1v) is 9.55. The number of rotatable bonds is 4. The van der Waals surface area contributed by atoms with Crippen LogP contribution in [0.2, 0.25) is 0 Å². The van der Waals surface area contributed by atoms with Crippen molar-refractivity contribution in [1.82, 2.24) is 25.3 Å². The first-order chi connectivity index (χ1) is 13.4. The van der Waals surface area contributed by atoms with Crippen molar-refractivity contribution in [3.05, 3.63) is 23.8 Å². The van der Waals surface area contributed by atoms with Crippen LogP contribution in [0.15, 0.2) is 18.1 Å². The number of hydrogen-bond acceptors (Lipinski definition) is 7. The molecule has 1 fully saturated rings. The SMILES string of the molecule is CC(C)(C)OC(=O)NCC(=Cc1ncnc2nc[nH]c12)B1OC(C)(C)C(C)(C)O1. The number of aromatic amines is 1. The van der Waals surface area contributed by atoms with E-state index in [0.29, 0.717) is 22.3 Å². The van der Waals surface area contributed by atoms with Gasteiger partial charge in [0.15, 0.2) is 5.65 Å². The summed E-state index contributed by atoms with van der Waals surface area (Å²) in [5.74, 6) is 0. The van der Waals surface area contributed by atoms with Crippen LogP contribution < -0.4 is 5.32 Å². The van der Waals surface area contributed by atoms with Gasteiger partial charge >= 0.3 is 13.2 Å². The molecule has 9 nitrogen and oxygen atoms in total. The van der Waals surface area contributed by atoms with Crippen LogP contribution in [-0.4, -0.2) is 56.5 Å². The second-order valence-corrected chi connectivity index (χ2v) is 9.02. The van der Waals surface area contributed by atoms with Crippen LogP contribution in [0.3, 0.4) is 0 Å². The molecule has 3 rings (SSSR count). The number of fused-ring (bicyclic) bond motifs is 1. The molecule has 1 aliphatic rings. The quantitative estimate of drug-likeness (QED) is 0.758. The Morgan fingerprint density at radius 2 is 1.86 bits per heavy atom. The third kappa shape index (κ3) is 4.76. The molecule has 3 heterocycles. The fourth-order valence-electron chi connectivity index (χ4n) is 2.75. The van der Waals surface area contributed by atoms with Crippen molar-refractivity contribution >= 4 is 30.5 Å². The highest BCUT2D eigenvalue weighted by Gasteiger charge is 2.52. The molecule has 0 spiro atoms. The van der Waals surface area contributed by atoms with E-state index in [1.165, 1.54) is 6.33 Å². The predicted molar refractivity (Wildman–Crippen MR) is 110 cm³/mol. The summed E-state index contributed by atoms with van der Waals surface area (Å²) < 4.78 is 17.7. The number of nitrogens with zero attached hydrogens (tertiary/aromatic N) is 3. The Hall–Kier alpha value is -2.46. The molecule has 2 aromatic heterocycles. The zero-order valence-electron chi connectivity index (χ0n) is 18.0. The Kier molecular flexibility index (Phi) is 5.44. The Morgan fingerprint density at radius 3 is 2.48 bits per heavy atom. The Labute approximate surface area is 170 Å². The van der Waals surface area contributed by atoms with E-state index in [2.05, 4.69) is 25.3 Å². The minimum Gasteiger partial charge on any atom is -0.444 e. The number of imidazole rings is 1. The van der Waals surface area contributed by atoms with Crippen LogP contribution >= 0.6 is 0 Å². The first kappa shape index (κ1) is 21.3. The van der Waals surface area contributed by atoms with E-state index in [9.17, 15) is 4.79 Å². The number of carbonyl (C=O) groups excluding carboxylic acids is 1. The van der Waals surface area contributed by atoms with Crippen molar-refractivity contribution in [3.63, 3.8) is 0 Å². The highest BCUT2D eigenvalue weighted by atomic mass is 16.7. The number of hydrogen-bond donors (Lipinski definition) is 2. The lowest BCUT2D eigenvalue weighted by Gasteiger charge is -2.32. The van der Waals surface area contributed by atoms with E-state index < -0.39 is 30.0 Å². The highest BCUT2D eigenvalue weighted by molar-refractivity contribution is 6.56. The van der Waals surface area contributed by atoms with Gasteiger partial charge in [-0.15, -0.1) is 0 Å². The molecule has 0 unspecified atom stereocenters. The summed E-state index contributed by atoms with van der Waals surface area (Å²) in [6.07, 6.45) is 4.30. The molecule has 0 aliphatic carbocycles. The van der Waals surface area contributed by atoms with Crippen molar-refractivity contribution in [1.29, 1.82) is 0 Å². The molecule has 156 valence electrons. The normalized spacial score (nSPS) is 18.9. The maximum absolute atomic E-state index is 12.2. The Balaban J connectivity index is 1.90. The van der Waals surface area contributed by atoms with Gasteiger partial charge in [-0.25, -0.2) is 19.7 Å². The molecule has 0 saturated carbocycles. The molecule has 2 N–H and O–H groups in total. The van der Waals surface area contributed by atoms with Crippen LogP contribution in [0.4, 0.5) is 4.79 Å². The van der Waals surface area contributed by atoms with E-state index in [1.54, 1.807) is 6.33 Å². The third-order valence-electron chi connectivity index (χ3n) is 4.97. The standard InChI is InChI=1S/C19H28BN5O4/c1-17(2,3)27-16(26)21-9-12(20-28-18(4,5)19(6,7)29-20)8-13-14-15(24-10-22-13)25-11-23-14/h8,10-11H,9H2,1-7H3,(H,21,26)(H,22,23,24,25). The van der Waals surface area contributed by atoms with Gasteiger partial charge in [0.1, 0.15) is 17.4 Å². The van der Waals surface area contributed by atoms with Gasteiger partial charge in [-0.2, -0.15) is 0 Å². The summed E-state index contributed by atoms with van der Waals surface area (Å²) in [7, 11) is -0.650. The molecule has 1 amide bonds. The van der Waals surface area contributed by atoms with E-state index in [-0.39, 0.29) is 6.54 Å². The molecule has 0 atom stereocenters. The van der Waals surface area contributed by atoms with Gasteiger partial charge in [0.2, 0.25) is 0 Å². The monoisotopic (exact) mass is 401 g/mol. The molecule has 10 heteroatoms. The summed E-state index contributed by atoms with van der Waals surface area (Å²) in [5.41, 5.74) is 0.952. The van der Waals surface area contributed by atoms with Gasteiger partial charge in [0.25, 0.3) is 0 Å². The van der Waals surface area contributed by atoms with Crippen LogP contribution in [0.5, 0.6) is 0 Å². The largest absolute Gasteiger partial charge is 0.492 e. The molecule has 0 aromatic carbocycles. The second kappa shape index (κ2) is 7.42. The molecular weight excluding hydrogens is 373 g/mol. The zero-order chi connectivity index (χ0) is 21.4.